The van der Waals surface area contributed by atoms with E-state index in [-0.39, 0.29) is 18.1 Å². The summed E-state index contributed by atoms with van der Waals surface area (Å²) in [6, 6.07) is 5.51. The Kier molecular flexibility index (Phi) is 4.26. The largest absolute Gasteiger partial charge is 0.416 e. The standard InChI is InChI=1S/C13H14F3N3O/c1-2-5-11-18-12(20-19-11)17-8-9-6-3-4-7-10(9)13(14,15)16/h3-4,6-7H,2,5,8H2,1H3,(H,17,18,19). The molecule has 0 radical (unpaired) electrons. The van der Waals surface area contributed by atoms with Crippen molar-refractivity contribution >= 4 is 6.01 Å². The number of anilines is 1. The van der Waals surface area contributed by atoms with Crippen molar-refractivity contribution in [1.29, 1.82) is 0 Å². The van der Waals surface area contributed by atoms with Gasteiger partial charge in [0.05, 0.1) is 5.56 Å². The molecule has 0 aliphatic heterocycles. The first-order chi connectivity index (χ1) is 9.50. The third kappa shape index (κ3) is 3.49. The molecular formula is C13H14F3N3O. The van der Waals surface area contributed by atoms with Crippen LogP contribution in [0.3, 0.4) is 0 Å². The van der Waals surface area contributed by atoms with Crippen LogP contribution in [0.25, 0.3) is 0 Å². The van der Waals surface area contributed by atoms with Crippen LogP contribution in [0.1, 0.15) is 30.3 Å². The molecule has 0 fully saturated rings. The Bertz CT molecular complexity index is 566. The maximum Gasteiger partial charge on any atom is 0.416 e. The van der Waals surface area contributed by atoms with E-state index in [0.29, 0.717) is 12.2 Å². The first kappa shape index (κ1) is 14.4. The Morgan fingerprint density at radius 2 is 2.00 bits per heavy atom. The SMILES string of the molecule is CCCc1noc(NCc2ccccc2C(F)(F)F)n1. The number of alkyl halides is 3. The molecule has 1 N–H and O–H groups in total. The molecule has 0 unspecified atom stereocenters. The minimum absolute atomic E-state index is 0.0244. The van der Waals surface area contributed by atoms with Gasteiger partial charge in [0.25, 0.3) is 0 Å². The first-order valence-electron chi connectivity index (χ1n) is 6.22. The summed E-state index contributed by atoms with van der Waals surface area (Å²) >= 11 is 0. The van der Waals surface area contributed by atoms with Gasteiger partial charge in [-0.1, -0.05) is 30.3 Å². The van der Waals surface area contributed by atoms with E-state index in [4.69, 9.17) is 4.52 Å². The number of aromatic nitrogens is 2. The van der Waals surface area contributed by atoms with E-state index < -0.39 is 11.7 Å². The van der Waals surface area contributed by atoms with Crippen LogP contribution in [0.4, 0.5) is 19.2 Å². The maximum atomic E-state index is 12.8. The van der Waals surface area contributed by atoms with Gasteiger partial charge in [-0.25, -0.2) is 0 Å². The monoisotopic (exact) mass is 285 g/mol. The lowest BCUT2D eigenvalue weighted by molar-refractivity contribution is -0.138. The Balaban J connectivity index is 2.07. The van der Waals surface area contributed by atoms with Crippen LogP contribution < -0.4 is 5.32 Å². The Labute approximate surface area is 114 Å². The Morgan fingerprint density at radius 1 is 1.25 bits per heavy atom. The van der Waals surface area contributed by atoms with E-state index in [9.17, 15) is 13.2 Å². The zero-order chi connectivity index (χ0) is 14.6. The van der Waals surface area contributed by atoms with Gasteiger partial charge in [-0.2, -0.15) is 18.2 Å². The van der Waals surface area contributed by atoms with Gasteiger partial charge < -0.3 is 9.84 Å². The molecule has 4 nitrogen and oxygen atoms in total. The average molecular weight is 285 g/mol. The molecule has 0 aliphatic carbocycles. The van der Waals surface area contributed by atoms with Gasteiger partial charge in [0.1, 0.15) is 0 Å². The molecule has 0 saturated carbocycles. The van der Waals surface area contributed by atoms with Crippen molar-refractivity contribution in [2.75, 3.05) is 5.32 Å². The van der Waals surface area contributed by atoms with Gasteiger partial charge in [-0.15, -0.1) is 0 Å². The van der Waals surface area contributed by atoms with E-state index in [1.54, 1.807) is 6.07 Å². The molecule has 0 bridgehead atoms. The summed E-state index contributed by atoms with van der Waals surface area (Å²) in [7, 11) is 0. The summed E-state index contributed by atoms with van der Waals surface area (Å²) in [5.41, 5.74) is -0.531. The second-order valence-electron chi connectivity index (χ2n) is 4.27. The molecule has 7 heteroatoms. The van der Waals surface area contributed by atoms with Gasteiger partial charge >= 0.3 is 12.2 Å². The van der Waals surface area contributed by atoms with E-state index in [1.807, 2.05) is 6.92 Å². The summed E-state index contributed by atoms with van der Waals surface area (Å²) in [5.74, 6) is 0.541. The number of nitrogens with one attached hydrogen (secondary N) is 1. The van der Waals surface area contributed by atoms with Crippen molar-refractivity contribution in [1.82, 2.24) is 10.1 Å². The number of aryl methyl sites for hydroxylation is 1. The lowest BCUT2D eigenvalue weighted by Gasteiger charge is -2.12. The fraction of sp³-hybridized carbons (Fsp3) is 0.385. The second kappa shape index (κ2) is 5.94. The Hall–Kier alpha value is -2.05. The topological polar surface area (TPSA) is 51.0 Å². The van der Waals surface area contributed by atoms with Crippen molar-refractivity contribution < 1.29 is 17.7 Å². The molecule has 2 aromatic rings. The summed E-state index contributed by atoms with van der Waals surface area (Å²) in [6.07, 6.45) is -2.83. The third-order valence-electron chi connectivity index (χ3n) is 2.69. The van der Waals surface area contributed by atoms with Crippen LogP contribution in [-0.2, 0) is 19.1 Å². The minimum atomic E-state index is -4.37. The third-order valence-corrected chi connectivity index (χ3v) is 2.69. The predicted molar refractivity (Wildman–Crippen MR) is 67.1 cm³/mol. The fourth-order valence-corrected chi connectivity index (χ4v) is 1.77. The van der Waals surface area contributed by atoms with Crippen LogP contribution in [0.2, 0.25) is 0 Å². The summed E-state index contributed by atoms with van der Waals surface area (Å²) in [5, 5.41) is 6.43. The lowest BCUT2D eigenvalue weighted by atomic mass is 10.1. The summed E-state index contributed by atoms with van der Waals surface area (Å²) in [4.78, 5) is 4.04. The molecule has 108 valence electrons. The number of hydrogen-bond donors (Lipinski definition) is 1. The van der Waals surface area contributed by atoms with Crippen LogP contribution in [0.5, 0.6) is 0 Å². The van der Waals surface area contributed by atoms with E-state index in [2.05, 4.69) is 15.5 Å². The van der Waals surface area contributed by atoms with Crippen molar-refractivity contribution in [3.05, 3.63) is 41.2 Å². The maximum absolute atomic E-state index is 12.8. The number of nitrogens with zero attached hydrogens (tertiary/aromatic N) is 2. The quantitative estimate of drug-likeness (QED) is 0.911. The highest BCUT2D eigenvalue weighted by Gasteiger charge is 2.32. The van der Waals surface area contributed by atoms with Crippen LogP contribution in [0, 0.1) is 0 Å². The molecule has 0 aliphatic rings. The molecule has 1 aromatic carbocycles. The van der Waals surface area contributed by atoms with E-state index in [1.165, 1.54) is 12.1 Å². The average Bonchev–Trinajstić information content (AvgIpc) is 2.84. The molecule has 0 saturated heterocycles. The van der Waals surface area contributed by atoms with Gasteiger partial charge in [-0.3, -0.25) is 0 Å². The zero-order valence-corrected chi connectivity index (χ0v) is 10.9. The Morgan fingerprint density at radius 3 is 2.70 bits per heavy atom. The van der Waals surface area contributed by atoms with Gasteiger partial charge in [0, 0.05) is 13.0 Å². The molecule has 20 heavy (non-hydrogen) atoms. The minimum Gasteiger partial charge on any atom is -0.334 e. The molecule has 0 spiro atoms. The van der Waals surface area contributed by atoms with Crippen molar-refractivity contribution in [2.45, 2.75) is 32.5 Å². The second-order valence-corrected chi connectivity index (χ2v) is 4.27. The fourth-order valence-electron chi connectivity index (χ4n) is 1.77. The van der Waals surface area contributed by atoms with Crippen LogP contribution in [0.15, 0.2) is 28.8 Å². The van der Waals surface area contributed by atoms with E-state index in [0.717, 1.165) is 12.5 Å². The van der Waals surface area contributed by atoms with Crippen molar-refractivity contribution in [3.63, 3.8) is 0 Å². The highest BCUT2D eigenvalue weighted by Crippen LogP contribution is 2.32. The van der Waals surface area contributed by atoms with Gasteiger partial charge in [0.2, 0.25) is 0 Å². The number of rotatable bonds is 5. The van der Waals surface area contributed by atoms with Crippen LogP contribution in [-0.4, -0.2) is 10.1 Å². The van der Waals surface area contributed by atoms with Gasteiger partial charge in [-0.05, 0) is 18.1 Å². The van der Waals surface area contributed by atoms with Crippen molar-refractivity contribution in [2.24, 2.45) is 0 Å². The highest BCUT2D eigenvalue weighted by atomic mass is 19.4. The van der Waals surface area contributed by atoms with Crippen LogP contribution >= 0.6 is 0 Å². The summed E-state index contributed by atoms with van der Waals surface area (Å²) in [6.45, 7) is 1.95. The zero-order valence-electron chi connectivity index (χ0n) is 10.9. The molecule has 0 amide bonds. The molecule has 2 rings (SSSR count). The summed E-state index contributed by atoms with van der Waals surface area (Å²) < 4.78 is 43.3. The number of benzene rings is 1. The van der Waals surface area contributed by atoms with Gasteiger partial charge in [0.15, 0.2) is 5.82 Å². The lowest BCUT2D eigenvalue weighted by Crippen LogP contribution is -2.11. The first-order valence-corrected chi connectivity index (χ1v) is 6.22. The number of hydrogen-bond acceptors (Lipinski definition) is 4. The number of halogens is 3. The van der Waals surface area contributed by atoms with Crippen molar-refractivity contribution in [3.8, 4) is 0 Å². The predicted octanol–water partition coefficient (Wildman–Crippen LogP) is 3.65. The molecule has 0 atom stereocenters. The highest BCUT2D eigenvalue weighted by molar-refractivity contribution is 5.33. The molecular weight excluding hydrogens is 271 g/mol. The smallest absolute Gasteiger partial charge is 0.334 e. The normalized spacial score (nSPS) is 11.6. The molecule has 1 aromatic heterocycles. The van der Waals surface area contributed by atoms with E-state index >= 15 is 0 Å². The molecule has 1 heterocycles.